The lowest BCUT2D eigenvalue weighted by atomic mass is 9.70. The number of piperidine rings is 3. The molecule has 0 radical (unpaired) electrons. The van der Waals surface area contributed by atoms with E-state index in [4.69, 9.17) is 0 Å². The molecule has 0 aromatic carbocycles. The zero-order valence-electron chi connectivity index (χ0n) is 17.9. The van der Waals surface area contributed by atoms with Crippen LogP contribution in [0.4, 0.5) is 0 Å². The number of hydrogen-bond donors (Lipinski definition) is 1. The number of carbonyl (C=O) groups excluding carboxylic acids is 2. The quantitative estimate of drug-likeness (QED) is 0.840. The highest BCUT2D eigenvalue weighted by Gasteiger charge is 2.50. The molecule has 3 aliphatic heterocycles. The van der Waals surface area contributed by atoms with Crippen molar-refractivity contribution in [2.45, 2.75) is 64.5 Å². The van der Waals surface area contributed by atoms with Gasteiger partial charge in [-0.2, -0.15) is 0 Å². The van der Waals surface area contributed by atoms with Crippen LogP contribution in [0.3, 0.4) is 0 Å². The lowest BCUT2D eigenvalue weighted by Crippen LogP contribution is -2.65. The van der Waals surface area contributed by atoms with E-state index in [1.54, 1.807) is 6.20 Å². The molecule has 7 heteroatoms. The van der Waals surface area contributed by atoms with Gasteiger partial charge in [0.25, 0.3) is 5.91 Å². The molecule has 1 N–H and O–H groups in total. The van der Waals surface area contributed by atoms with E-state index in [9.17, 15) is 9.59 Å². The van der Waals surface area contributed by atoms with E-state index in [0.717, 1.165) is 37.6 Å². The molecule has 3 aliphatic rings. The molecule has 2 aromatic heterocycles. The molecule has 30 heavy (non-hydrogen) atoms. The highest BCUT2D eigenvalue weighted by atomic mass is 16.2. The molecule has 0 unspecified atom stereocenters. The number of nitrogens with zero attached hydrogens (tertiary/aromatic N) is 4. The van der Waals surface area contributed by atoms with Crippen LogP contribution < -0.4 is 0 Å². The van der Waals surface area contributed by atoms with E-state index < -0.39 is 0 Å². The summed E-state index contributed by atoms with van der Waals surface area (Å²) >= 11 is 0. The number of H-pyrrole nitrogens is 1. The summed E-state index contributed by atoms with van der Waals surface area (Å²) in [5.74, 6) is 2.00. The van der Waals surface area contributed by atoms with E-state index in [-0.39, 0.29) is 18.0 Å². The number of pyridine rings is 1. The Morgan fingerprint density at radius 3 is 2.93 bits per heavy atom. The summed E-state index contributed by atoms with van der Waals surface area (Å²) in [5.41, 5.74) is 1.37. The van der Waals surface area contributed by atoms with Crippen LogP contribution in [0.15, 0.2) is 18.3 Å². The van der Waals surface area contributed by atoms with Crippen LogP contribution in [0, 0.1) is 17.8 Å². The van der Waals surface area contributed by atoms with Gasteiger partial charge in [-0.15, -0.1) is 0 Å². The predicted molar refractivity (Wildman–Crippen MR) is 114 cm³/mol. The van der Waals surface area contributed by atoms with Crippen molar-refractivity contribution >= 4 is 23.0 Å². The molecular weight excluding hydrogens is 378 g/mol. The third-order valence-corrected chi connectivity index (χ3v) is 7.28. The van der Waals surface area contributed by atoms with Crippen molar-refractivity contribution in [3.63, 3.8) is 0 Å². The zero-order valence-corrected chi connectivity index (χ0v) is 17.9. The molecule has 3 fully saturated rings. The second-order valence-corrected chi connectivity index (χ2v) is 9.73. The van der Waals surface area contributed by atoms with Crippen molar-refractivity contribution in [2.75, 3.05) is 13.1 Å². The second-order valence-electron chi connectivity index (χ2n) is 9.73. The maximum Gasteiger partial charge on any atom is 0.289 e. The van der Waals surface area contributed by atoms with Crippen molar-refractivity contribution < 1.29 is 9.59 Å². The first kappa shape index (κ1) is 19.5. The Morgan fingerprint density at radius 1 is 1.30 bits per heavy atom. The van der Waals surface area contributed by atoms with Gasteiger partial charge < -0.3 is 14.8 Å². The second kappa shape index (κ2) is 7.67. The Bertz CT molecular complexity index is 921. The summed E-state index contributed by atoms with van der Waals surface area (Å²) in [4.78, 5) is 42.2. The van der Waals surface area contributed by atoms with Gasteiger partial charge in [0.2, 0.25) is 5.91 Å². The van der Waals surface area contributed by atoms with Crippen molar-refractivity contribution in [3.8, 4) is 0 Å². The lowest BCUT2D eigenvalue weighted by Gasteiger charge is -2.56. The number of fused-ring (bicyclic) bond motifs is 5. The fourth-order valence-corrected chi connectivity index (χ4v) is 5.91. The summed E-state index contributed by atoms with van der Waals surface area (Å²) in [5, 5.41) is 0. The predicted octanol–water partition coefficient (Wildman–Crippen LogP) is 3.24. The van der Waals surface area contributed by atoms with Crippen molar-refractivity contribution in [2.24, 2.45) is 17.8 Å². The maximum absolute atomic E-state index is 13.3. The number of likely N-dealkylation sites (tertiary alicyclic amines) is 1. The molecule has 0 aliphatic carbocycles. The Hall–Kier alpha value is -2.44. The average Bonchev–Trinajstić information content (AvgIpc) is 3.17. The maximum atomic E-state index is 13.3. The zero-order chi connectivity index (χ0) is 20.8. The first-order valence-corrected chi connectivity index (χ1v) is 11.4. The Labute approximate surface area is 177 Å². The van der Waals surface area contributed by atoms with Crippen molar-refractivity contribution in [1.82, 2.24) is 24.8 Å². The first-order valence-electron chi connectivity index (χ1n) is 11.4. The number of aromatic nitrogens is 3. The minimum Gasteiger partial charge on any atom is -0.336 e. The number of rotatable bonds is 4. The number of amides is 2. The fourth-order valence-electron chi connectivity index (χ4n) is 5.91. The van der Waals surface area contributed by atoms with Gasteiger partial charge in [0.1, 0.15) is 0 Å². The molecule has 160 valence electrons. The van der Waals surface area contributed by atoms with Crippen LogP contribution in [0.2, 0.25) is 0 Å². The summed E-state index contributed by atoms with van der Waals surface area (Å²) in [6.07, 6.45) is 7.70. The van der Waals surface area contributed by atoms with Crippen LogP contribution >= 0.6 is 0 Å². The third-order valence-electron chi connectivity index (χ3n) is 7.28. The largest absolute Gasteiger partial charge is 0.336 e. The van der Waals surface area contributed by atoms with E-state index >= 15 is 0 Å². The van der Waals surface area contributed by atoms with Crippen LogP contribution in [0.25, 0.3) is 11.2 Å². The third kappa shape index (κ3) is 3.38. The van der Waals surface area contributed by atoms with Gasteiger partial charge in [-0.05, 0) is 62.0 Å². The monoisotopic (exact) mass is 409 g/mol. The van der Waals surface area contributed by atoms with Gasteiger partial charge in [-0.1, -0.05) is 13.8 Å². The van der Waals surface area contributed by atoms with Crippen LogP contribution in [0.5, 0.6) is 0 Å². The first-order chi connectivity index (χ1) is 14.5. The highest BCUT2D eigenvalue weighted by molar-refractivity contribution is 5.93. The number of aromatic amines is 1. The summed E-state index contributed by atoms with van der Waals surface area (Å²) in [6, 6.07) is 4.28. The highest BCUT2D eigenvalue weighted by Crippen LogP contribution is 2.43. The van der Waals surface area contributed by atoms with Crippen LogP contribution in [0.1, 0.15) is 63.0 Å². The Morgan fingerprint density at radius 2 is 2.13 bits per heavy atom. The molecule has 7 nitrogen and oxygen atoms in total. The topological polar surface area (TPSA) is 82.2 Å². The normalized spacial score (nSPS) is 28.8. The minimum atomic E-state index is -0.0408. The average molecular weight is 410 g/mol. The molecule has 2 bridgehead atoms. The standard InChI is InChI=1S/C23H31N5O2/c1-14(2)8-9-19-16-11-15(18-6-3-7-20(29)28(18)19)12-27(13-16)23(30)22-25-17-5-4-10-24-21(17)26-22/h4-5,10,14-16,18-19H,3,6-9,11-13H2,1-2H3,(H,24,25,26)/t15-,16+,18+,19+/m1/s1. The number of carbonyl (C=O) groups is 2. The fraction of sp³-hybridized carbons (Fsp3) is 0.652. The number of imidazole rings is 1. The number of hydrogen-bond acceptors (Lipinski definition) is 4. The van der Waals surface area contributed by atoms with Gasteiger partial charge in [0.05, 0.1) is 5.52 Å². The van der Waals surface area contributed by atoms with Crippen molar-refractivity contribution in [1.29, 1.82) is 0 Å². The van der Waals surface area contributed by atoms with Gasteiger partial charge in [-0.25, -0.2) is 9.97 Å². The van der Waals surface area contributed by atoms with Gasteiger partial charge in [0, 0.05) is 37.8 Å². The van der Waals surface area contributed by atoms with Gasteiger partial charge in [-0.3, -0.25) is 9.59 Å². The molecule has 0 spiro atoms. The summed E-state index contributed by atoms with van der Waals surface area (Å²) in [6.45, 7) is 5.91. The SMILES string of the molecule is CC(C)CC[C@H]1[C@H]2C[C@H](CN(C(=O)c3nc4ncccc4[nH]3)C2)[C@@H]2CCCC(=O)N21. The molecule has 2 aromatic rings. The molecule has 2 amide bonds. The smallest absolute Gasteiger partial charge is 0.289 e. The van der Waals surface area contributed by atoms with E-state index in [1.807, 2.05) is 17.0 Å². The van der Waals surface area contributed by atoms with Crippen molar-refractivity contribution in [3.05, 3.63) is 24.2 Å². The lowest BCUT2D eigenvalue weighted by molar-refractivity contribution is -0.152. The van der Waals surface area contributed by atoms with E-state index in [0.29, 0.717) is 54.6 Å². The van der Waals surface area contributed by atoms with Gasteiger partial charge >= 0.3 is 0 Å². The molecule has 5 heterocycles. The Kier molecular flexibility index (Phi) is 4.99. The van der Waals surface area contributed by atoms with Crippen LogP contribution in [-0.2, 0) is 4.79 Å². The minimum absolute atomic E-state index is 0.0408. The summed E-state index contributed by atoms with van der Waals surface area (Å²) < 4.78 is 0. The number of nitrogens with one attached hydrogen (secondary N) is 1. The molecular formula is C23H31N5O2. The molecule has 0 saturated carbocycles. The van der Waals surface area contributed by atoms with E-state index in [2.05, 4.69) is 33.7 Å². The van der Waals surface area contributed by atoms with E-state index in [1.165, 1.54) is 0 Å². The van der Waals surface area contributed by atoms with Crippen LogP contribution in [-0.4, -0.2) is 61.7 Å². The molecule has 3 saturated heterocycles. The van der Waals surface area contributed by atoms with Gasteiger partial charge in [0.15, 0.2) is 11.5 Å². The molecule has 4 atom stereocenters. The summed E-state index contributed by atoms with van der Waals surface area (Å²) in [7, 11) is 0. The molecule has 5 rings (SSSR count). The Balaban J connectivity index is 1.41.